The van der Waals surface area contributed by atoms with Crippen LogP contribution in [0.2, 0.25) is 0 Å². The molecule has 1 heterocycles. The van der Waals surface area contributed by atoms with Gasteiger partial charge in [-0.1, -0.05) is 0 Å². The van der Waals surface area contributed by atoms with Crippen LogP contribution in [0.5, 0.6) is 0 Å². The van der Waals surface area contributed by atoms with Crippen molar-refractivity contribution in [2.75, 3.05) is 17.3 Å². The molecule has 2 rings (SSSR count). The van der Waals surface area contributed by atoms with Crippen molar-refractivity contribution < 1.29 is 0 Å². The lowest BCUT2D eigenvalue weighted by Crippen LogP contribution is -2.27. The van der Waals surface area contributed by atoms with Crippen LogP contribution in [0.1, 0.15) is 25.7 Å². The quantitative estimate of drug-likeness (QED) is 0.728. The average molecular weight is 227 g/mol. The first-order valence-corrected chi connectivity index (χ1v) is 6.54. The second-order valence-corrected chi connectivity index (χ2v) is 5.04. The molecule has 0 atom stereocenters. The third-order valence-corrected chi connectivity index (χ3v) is 3.98. The van der Waals surface area contributed by atoms with Gasteiger partial charge in [0.2, 0.25) is 11.9 Å². The van der Waals surface area contributed by atoms with Crippen LogP contribution in [-0.4, -0.2) is 32.7 Å². The summed E-state index contributed by atoms with van der Waals surface area (Å²) in [6, 6.07) is 0.503. The molecule has 1 saturated carbocycles. The van der Waals surface area contributed by atoms with Crippen molar-refractivity contribution in [2.45, 2.75) is 37.0 Å². The number of aromatic nitrogens is 3. The molecule has 15 heavy (non-hydrogen) atoms. The minimum atomic E-state index is 0.371. The molecule has 0 spiro atoms. The zero-order chi connectivity index (χ0) is 10.7. The zero-order valence-corrected chi connectivity index (χ0v) is 9.68. The summed E-state index contributed by atoms with van der Waals surface area (Å²) in [4.78, 5) is 4.04. The van der Waals surface area contributed by atoms with E-state index in [-0.39, 0.29) is 0 Å². The normalized spacial score (nSPS) is 26.5. The van der Waals surface area contributed by atoms with E-state index in [2.05, 4.69) is 26.8 Å². The molecule has 1 aliphatic carbocycles. The van der Waals surface area contributed by atoms with Gasteiger partial charge in [0.15, 0.2) is 0 Å². The van der Waals surface area contributed by atoms with Crippen LogP contribution in [0, 0.1) is 0 Å². The summed E-state index contributed by atoms with van der Waals surface area (Å²) in [5, 5.41) is 10.7. The number of hydrogen-bond acceptors (Lipinski definition) is 5. The van der Waals surface area contributed by atoms with Gasteiger partial charge < -0.3 is 11.1 Å². The molecule has 1 aromatic heterocycles. The van der Waals surface area contributed by atoms with Gasteiger partial charge in [-0.3, -0.25) is 0 Å². The van der Waals surface area contributed by atoms with E-state index >= 15 is 0 Å². The molecule has 5 nitrogen and oxygen atoms in total. The van der Waals surface area contributed by atoms with E-state index in [1.54, 1.807) is 0 Å². The van der Waals surface area contributed by atoms with Gasteiger partial charge in [-0.05, 0) is 31.9 Å². The van der Waals surface area contributed by atoms with Gasteiger partial charge in [0.25, 0.3) is 0 Å². The Balaban J connectivity index is 1.82. The molecule has 0 aromatic carbocycles. The fourth-order valence-corrected chi connectivity index (χ4v) is 2.71. The molecule has 6 heteroatoms. The molecule has 0 saturated heterocycles. The molecule has 0 aliphatic heterocycles. The van der Waals surface area contributed by atoms with Crippen LogP contribution in [0.3, 0.4) is 0 Å². The SMILES string of the molecule is CSC1CCC(Nc2n[nH]c(N)n2)CC1. The minimum absolute atomic E-state index is 0.371. The number of nitrogens with one attached hydrogen (secondary N) is 2. The highest BCUT2D eigenvalue weighted by Gasteiger charge is 2.20. The van der Waals surface area contributed by atoms with E-state index in [9.17, 15) is 0 Å². The molecule has 4 N–H and O–H groups in total. The number of thioether (sulfide) groups is 1. The van der Waals surface area contributed by atoms with E-state index in [0.29, 0.717) is 17.9 Å². The summed E-state index contributed by atoms with van der Waals surface area (Å²) < 4.78 is 0. The maximum absolute atomic E-state index is 5.45. The fraction of sp³-hybridized carbons (Fsp3) is 0.778. The number of anilines is 2. The van der Waals surface area contributed by atoms with Crippen molar-refractivity contribution in [3.8, 4) is 0 Å². The third-order valence-electron chi connectivity index (χ3n) is 2.84. The molecule has 0 bridgehead atoms. The Morgan fingerprint density at radius 2 is 2.13 bits per heavy atom. The molecule has 84 valence electrons. The fourth-order valence-electron chi connectivity index (χ4n) is 1.96. The molecule has 0 radical (unpaired) electrons. The molecule has 0 unspecified atom stereocenters. The summed E-state index contributed by atoms with van der Waals surface area (Å²) in [6.45, 7) is 0. The van der Waals surface area contributed by atoms with E-state index in [0.717, 1.165) is 5.25 Å². The first kappa shape index (κ1) is 10.6. The topological polar surface area (TPSA) is 79.6 Å². The van der Waals surface area contributed by atoms with E-state index < -0.39 is 0 Å². The van der Waals surface area contributed by atoms with Crippen molar-refractivity contribution in [3.63, 3.8) is 0 Å². The maximum Gasteiger partial charge on any atom is 0.243 e. The Morgan fingerprint density at radius 3 is 2.67 bits per heavy atom. The maximum atomic E-state index is 5.45. The second-order valence-electron chi connectivity index (χ2n) is 3.90. The second kappa shape index (κ2) is 4.74. The van der Waals surface area contributed by atoms with Gasteiger partial charge in [-0.15, -0.1) is 5.10 Å². The van der Waals surface area contributed by atoms with Gasteiger partial charge in [0.1, 0.15) is 0 Å². The Hall–Kier alpha value is -0.910. The summed E-state index contributed by atoms with van der Waals surface area (Å²) in [7, 11) is 0. The lowest BCUT2D eigenvalue weighted by Gasteiger charge is -2.27. The summed E-state index contributed by atoms with van der Waals surface area (Å²) in [5.41, 5.74) is 5.45. The Bertz CT molecular complexity index is 305. The van der Waals surface area contributed by atoms with Gasteiger partial charge in [-0.25, -0.2) is 5.10 Å². The molecule has 1 aromatic rings. The number of nitrogens with two attached hydrogens (primary N) is 1. The van der Waals surface area contributed by atoms with Crippen LogP contribution in [0.4, 0.5) is 11.9 Å². The highest BCUT2D eigenvalue weighted by Crippen LogP contribution is 2.28. The van der Waals surface area contributed by atoms with Crippen molar-refractivity contribution in [1.29, 1.82) is 0 Å². The number of H-pyrrole nitrogens is 1. The van der Waals surface area contributed by atoms with Crippen molar-refractivity contribution in [2.24, 2.45) is 0 Å². The van der Waals surface area contributed by atoms with Crippen molar-refractivity contribution >= 4 is 23.7 Å². The number of hydrogen-bond donors (Lipinski definition) is 3. The van der Waals surface area contributed by atoms with Gasteiger partial charge in [0.05, 0.1) is 0 Å². The first-order valence-electron chi connectivity index (χ1n) is 5.25. The molecule has 1 fully saturated rings. The first-order chi connectivity index (χ1) is 7.28. The monoisotopic (exact) mass is 227 g/mol. The number of nitrogen functional groups attached to an aromatic ring is 1. The highest BCUT2D eigenvalue weighted by molar-refractivity contribution is 7.99. The van der Waals surface area contributed by atoms with Crippen molar-refractivity contribution in [1.82, 2.24) is 15.2 Å². The van der Waals surface area contributed by atoms with Crippen molar-refractivity contribution in [3.05, 3.63) is 0 Å². The van der Waals surface area contributed by atoms with Crippen LogP contribution in [0.15, 0.2) is 0 Å². The number of nitrogens with zero attached hydrogens (tertiary/aromatic N) is 2. The lowest BCUT2D eigenvalue weighted by atomic mass is 9.95. The summed E-state index contributed by atoms with van der Waals surface area (Å²) in [5.74, 6) is 0.996. The van der Waals surface area contributed by atoms with Crippen LogP contribution in [0.25, 0.3) is 0 Å². The van der Waals surface area contributed by atoms with Crippen LogP contribution in [-0.2, 0) is 0 Å². The standard InChI is InChI=1S/C9H17N5S/c1-15-7-4-2-6(3-5-7)11-9-12-8(10)13-14-9/h6-7H,2-5H2,1H3,(H4,10,11,12,13,14). The predicted molar refractivity (Wildman–Crippen MR) is 64.0 cm³/mol. The third kappa shape index (κ3) is 2.77. The largest absolute Gasteiger partial charge is 0.368 e. The van der Waals surface area contributed by atoms with Gasteiger partial charge >= 0.3 is 0 Å². The van der Waals surface area contributed by atoms with Crippen LogP contribution < -0.4 is 11.1 Å². The minimum Gasteiger partial charge on any atom is -0.368 e. The highest BCUT2D eigenvalue weighted by atomic mass is 32.2. The van der Waals surface area contributed by atoms with Gasteiger partial charge in [-0.2, -0.15) is 16.7 Å². The molecule has 1 aliphatic rings. The average Bonchev–Trinajstić information content (AvgIpc) is 2.65. The van der Waals surface area contributed by atoms with E-state index in [1.165, 1.54) is 25.7 Å². The summed E-state index contributed by atoms with van der Waals surface area (Å²) in [6.07, 6.45) is 7.13. The Labute approximate surface area is 93.6 Å². The smallest absolute Gasteiger partial charge is 0.243 e. The number of aromatic amines is 1. The lowest BCUT2D eigenvalue weighted by molar-refractivity contribution is 0.471. The Morgan fingerprint density at radius 1 is 1.40 bits per heavy atom. The zero-order valence-electron chi connectivity index (χ0n) is 8.86. The van der Waals surface area contributed by atoms with E-state index in [1.807, 2.05) is 11.8 Å². The predicted octanol–water partition coefficient (Wildman–Crippen LogP) is 1.47. The van der Waals surface area contributed by atoms with Gasteiger partial charge in [0, 0.05) is 11.3 Å². The summed E-state index contributed by atoms with van der Waals surface area (Å²) >= 11 is 1.97. The molecule has 0 amide bonds. The Kier molecular flexibility index (Phi) is 3.35. The number of rotatable bonds is 3. The molecular formula is C9H17N5S. The molecular weight excluding hydrogens is 210 g/mol. The van der Waals surface area contributed by atoms with E-state index in [4.69, 9.17) is 5.73 Å². The van der Waals surface area contributed by atoms with Crippen LogP contribution >= 0.6 is 11.8 Å².